The molecule has 0 radical (unpaired) electrons. The highest BCUT2D eigenvalue weighted by Crippen LogP contribution is 2.29. The molecule has 1 aromatic rings. The molecule has 0 amide bonds. The lowest BCUT2D eigenvalue weighted by molar-refractivity contribution is 0.0603. The van der Waals surface area contributed by atoms with Gasteiger partial charge in [0, 0.05) is 6.04 Å². The average molecular weight is 285 g/mol. The topological polar surface area (TPSA) is 77.2 Å². The van der Waals surface area contributed by atoms with E-state index in [0.717, 1.165) is 30.7 Å². The molecule has 1 atom stereocenters. The van der Waals surface area contributed by atoms with Gasteiger partial charge in [-0.2, -0.15) is 4.37 Å². The monoisotopic (exact) mass is 285 g/mol. The molecule has 1 heterocycles. The van der Waals surface area contributed by atoms with Gasteiger partial charge in [0.15, 0.2) is 5.82 Å². The highest BCUT2D eigenvalue weighted by Gasteiger charge is 2.21. The van der Waals surface area contributed by atoms with Crippen molar-refractivity contribution in [2.75, 3.05) is 18.2 Å². The maximum atomic E-state index is 11.7. The molecule has 1 unspecified atom stereocenters. The molecular formula is C13H23N3O2S. The first kappa shape index (κ1) is 15.8. The van der Waals surface area contributed by atoms with Crippen molar-refractivity contribution in [3.63, 3.8) is 0 Å². The molecule has 0 aliphatic rings. The molecule has 0 aliphatic carbocycles. The number of esters is 1. The lowest BCUT2D eigenvalue weighted by atomic mass is 10.1. The lowest BCUT2D eigenvalue weighted by Crippen LogP contribution is -2.20. The summed E-state index contributed by atoms with van der Waals surface area (Å²) in [5.41, 5.74) is 6.09. The average Bonchev–Trinajstić information content (AvgIpc) is 2.76. The zero-order chi connectivity index (χ0) is 14.3. The molecule has 6 heteroatoms. The highest BCUT2D eigenvalue weighted by molar-refractivity contribution is 7.11. The van der Waals surface area contributed by atoms with Crippen LogP contribution in [-0.2, 0) is 4.74 Å². The van der Waals surface area contributed by atoms with Crippen LogP contribution in [0.25, 0.3) is 0 Å². The van der Waals surface area contributed by atoms with Gasteiger partial charge in [0.1, 0.15) is 10.6 Å². The lowest BCUT2D eigenvalue weighted by Gasteiger charge is -2.18. The standard InChI is InChI=1S/C13H23N3O2S/c1-4-6-8-9(7-5-2)15-12-10(13(17)18-3)11(14)16-19-12/h9,15H,4-8H2,1-3H3,(H2,14,16). The van der Waals surface area contributed by atoms with E-state index in [2.05, 4.69) is 23.5 Å². The van der Waals surface area contributed by atoms with Crippen LogP contribution in [0.2, 0.25) is 0 Å². The maximum Gasteiger partial charge on any atom is 0.344 e. The molecule has 0 aromatic carbocycles. The fourth-order valence-electron chi connectivity index (χ4n) is 1.97. The zero-order valence-electron chi connectivity index (χ0n) is 11.9. The zero-order valence-corrected chi connectivity index (χ0v) is 12.7. The van der Waals surface area contributed by atoms with Crippen molar-refractivity contribution in [2.45, 2.75) is 52.0 Å². The first-order valence-electron chi connectivity index (χ1n) is 6.73. The van der Waals surface area contributed by atoms with Crippen molar-refractivity contribution in [1.29, 1.82) is 0 Å². The number of aromatic nitrogens is 1. The molecular weight excluding hydrogens is 262 g/mol. The van der Waals surface area contributed by atoms with Gasteiger partial charge in [0.2, 0.25) is 0 Å². The van der Waals surface area contributed by atoms with Crippen LogP contribution in [0.1, 0.15) is 56.3 Å². The summed E-state index contributed by atoms with van der Waals surface area (Å²) in [6, 6.07) is 0.355. The van der Waals surface area contributed by atoms with Crippen LogP contribution in [0.4, 0.5) is 10.8 Å². The molecule has 1 rings (SSSR count). The van der Waals surface area contributed by atoms with Crippen LogP contribution in [0.15, 0.2) is 0 Å². The molecule has 3 N–H and O–H groups in total. The van der Waals surface area contributed by atoms with Gasteiger partial charge in [0.25, 0.3) is 0 Å². The summed E-state index contributed by atoms with van der Waals surface area (Å²) in [5.74, 6) is -0.190. The Labute approximate surface area is 118 Å². The molecule has 0 saturated carbocycles. The maximum absolute atomic E-state index is 11.7. The Morgan fingerprint density at radius 1 is 1.42 bits per heavy atom. The summed E-state index contributed by atoms with van der Waals surface area (Å²) in [5, 5.41) is 4.12. The van der Waals surface area contributed by atoms with Crippen LogP contribution < -0.4 is 11.1 Å². The summed E-state index contributed by atoms with van der Waals surface area (Å²) in [7, 11) is 1.35. The van der Waals surface area contributed by atoms with Crippen LogP contribution in [0.3, 0.4) is 0 Å². The first-order chi connectivity index (χ1) is 9.13. The Morgan fingerprint density at radius 3 is 2.74 bits per heavy atom. The number of nitrogens with zero attached hydrogens (tertiary/aromatic N) is 1. The molecule has 0 saturated heterocycles. The minimum absolute atomic E-state index is 0.241. The summed E-state index contributed by atoms with van der Waals surface area (Å²) in [6.45, 7) is 4.33. The normalized spacial score (nSPS) is 12.2. The minimum Gasteiger partial charge on any atom is -0.465 e. The molecule has 1 aromatic heterocycles. The number of nitrogen functional groups attached to an aromatic ring is 1. The van der Waals surface area contributed by atoms with E-state index < -0.39 is 5.97 Å². The quantitative estimate of drug-likeness (QED) is 0.717. The molecule has 0 spiro atoms. The Morgan fingerprint density at radius 2 is 2.16 bits per heavy atom. The highest BCUT2D eigenvalue weighted by atomic mass is 32.1. The molecule has 0 bridgehead atoms. The number of rotatable bonds is 8. The van der Waals surface area contributed by atoms with Gasteiger partial charge in [-0.15, -0.1) is 0 Å². The van der Waals surface area contributed by atoms with E-state index in [0.29, 0.717) is 11.6 Å². The van der Waals surface area contributed by atoms with Crippen LogP contribution >= 0.6 is 11.5 Å². The fraction of sp³-hybridized carbons (Fsp3) is 0.692. The van der Waals surface area contributed by atoms with Gasteiger partial charge in [-0.05, 0) is 24.4 Å². The smallest absolute Gasteiger partial charge is 0.344 e. The van der Waals surface area contributed by atoms with E-state index in [-0.39, 0.29) is 5.82 Å². The molecule has 0 fully saturated rings. The molecule has 108 valence electrons. The Hall–Kier alpha value is -1.30. The number of unbranched alkanes of at least 4 members (excludes halogenated alkanes) is 1. The van der Waals surface area contributed by atoms with Gasteiger partial charge in [0.05, 0.1) is 7.11 Å². The second kappa shape index (κ2) is 7.99. The van der Waals surface area contributed by atoms with Gasteiger partial charge >= 0.3 is 5.97 Å². The van der Waals surface area contributed by atoms with E-state index in [4.69, 9.17) is 10.5 Å². The Balaban J connectivity index is 2.80. The van der Waals surface area contributed by atoms with Crippen molar-refractivity contribution >= 4 is 28.3 Å². The van der Waals surface area contributed by atoms with E-state index in [1.807, 2.05) is 0 Å². The van der Waals surface area contributed by atoms with Gasteiger partial charge in [-0.3, -0.25) is 0 Å². The molecule has 19 heavy (non-hydrogen) atoms. The SMILES string of the molecule is CCCCC(CCC)Nc1snc(N)c1C(=O)OC. The van der Waals surface area contributed by atoms with Crippen LogP contribution in [0.5, 0.6) is 0 Å². The van der Waals surface area contributed by atoms with Gasteiger partial charge in [-0.1, -0.05) is 33.1 Å². The van der Waals surface area contributed by atoms with Crippen molar-refractivity contribution in [1.82, 2.24) is 4.37 Å². The van der Waals surface area contributed by atoms with Crippen LogP contribution in [-0.4, -0.2) is 23.5 Å². The number of hydrogen-bond donors (Lipinski definition) is 2. The number of nitrogens with two attached hydrogens (primary N) is 1. The number of carbonyl (C=O) groups excluding carboxylic acids is 1. The minimum atomic E-state index is -0.431. The van der Waals surface area contributed by atoms with E-state index in [1.54, 1.807) is 0 Å². The second-order valence-electron chi connectivity index (χ2n) is 4.54. The van der Waals surface area contributed by atoms with Gasteiger partial charge in [-0.25, -0.2) is 4.79 Å². The summed E-state index contributed by atoms with van der Waals surface area (Å²) >= 11 is 1.22. The first-order valence-corrected chi connectivity index (χ1v) is 7.51. The van der Waals surface area contributed by atoms with Crippen molar-refractivity contribution in [2.24, 2.45) is 0 Å². The number of nitrogens with one attached hydrogen (secondary N) is 1. The molecule has 5 nitrogen and oxygen atoms in total. The summed E-state index contributed by atoms with van der Waals surface area (Å²) in [4.78, 5) is 11.7. The van der Waals surface area contributed by atoms with Crippen molar-refractivity contribution < 1.29 is 9.53 Å². The van der Waals surface area contributed by atoms with E-state index in [9.17, 15) is 4.79 Å². The number of hydrogen-bond acceptors (Lipinski definition) is 6. The van der Waals surface area contributed by atoms with Crippen molar-refractivity contribution in [3.8, 4) is 0 Å². The summed E-state index contributed by atoms with van der Waals surface area (Å²) < 4.78 is 8.78. The van der Waals surface area contributed by atoms with Gasteiger partial charge < -0.3 is 15.8 Å². The number of anilines is 2. The largest absolute Gasteiger partial charge is 0.465 e. The third-order valence-corrected chi connectivity index (χ3v) is 3.78. The Kier molecular flexibility index (Phi) is 6.62. The second-order valence-corrected chi connectivity index (χ2v) is 5.31. The third-order valence-electron chi connectivity index (χ3n) is 2.99. The molecule has 0 aliphatic heterocycles. The van der Waals surface area contributed by atoms with E-state index >= 15 is 0 Å². The summed E-state index contributed by atoms with van der Waals surface area (Å²) in [6.07, 6.45) is 5.58. The number of methoxy groups -OCH3 is 1. The predicted molar refractivity (Wildman–Crippen MR) is 79.7 cm³/mol. The van der Waals surface area contributed by atoms with E-state index in [1.165, 1.54) is 25.1 Å². The van der Waals surface area contributed by atoms with Crippen molar-refractivity contribution in [3.05, 3.63) is 5.56 Å². The third kappa shape index (κ3) is 4.38. The fourth-order valence-corrected chi connectivity index (χ4v) is 2.75. The number of ether oxygens (including phenoxy) is 1. The van der Waals surface area contributed by atoms with Crippen LogP contribution in [0, 0.1) is 0 Å². The predicted octanol–water partition coefficient (Wildman–Crippen LogP) is 3.28. The Bertz CT molecular complexity index is 407. The number of carbonyl (C=O) groups is 1.